The van der Waals surface area contributed by atoms with E-state index in [2.05, 4.69) is 46.7 Å². The fraction of sp³-hybridized carbons (Fsp3) is 0.467. The van der Waals surface area contributed by atoms with Gasteiger partial charge in [-0.2, -0.15) is 0 Å². The van der Waals surface area contributed by atoms with Gasteiger partial charge in [0.05, 0.1) is 5.92 Å². The highest BCUT2D eigenvalue weighted by atomic mass is 16.4. The average molecular weight is 257 g/mol. The third kappa shape index (κ3) is 2.54. The van der Waals surface area contributed by atoms with Crippen molar-refractivity contribution in [3.63, 3.8) is 0 Å². The molecule has 0 radical (unpaired) electrons. The minimum absolute atomic E-state index is 0.311. The summed E-state index contributed by atoms with van der Waals surface area (Å²) in [5.74, 6) is 1.85. The van der Waals surface area contributed by atoms with Crippen LogP contribution in [0.1, 0.15) is 42.2 Å². The van der Waals surface area contributed by atoms with Crippen molar-refractivity contribution < 1.29 is 4.42 Å². The van der Waals surface area contributed by atoms with Crippen LogP contribution in [-0.4, -0.2) is 23.3 Å². The Labute approximate surface area is 113 Å². The molecule has 100 valence electrons. The first-order valence-corrected chi connectivity index (χ1v) is 6.99. The van der Waals surface area contributed by atoms with Crippen molar-refractivity contribution in [3.05, 3.63) is 47.2 Å². The van der Waals surface area contributed by atoms with Crippen LogP contribution in [-0.2, 0) is 12.8 Å². The van der Waals surface area contributed by atoms with Crippen LogP contribution in [0.4, 0.5) is 0 Å². The Morgan fingerprint density at radius 2 is 2.21 bits per heavy atom. The van der Waals surface area contributed by atoms with E-state index in [0.29, 0.717) is 5.92 Å². The van der Waals surface area contributed by atoms with Crippen molar-refractivity contribution in [1.82, 2.24) is 15.5 Å². The molecule has 0 fully saturated rings. The quantitative estimate of drug-likeness (QED) is 0.807. The molecule has 1 aromatic carbocycles. The SMILES string of the molecule is CCNCCCc1nnc(C2Cc3ccccc32)o1. The lowest BCUT2D eigenvalue weighted by molar-refractivity contribution is 0.413. The number of rotatable bonds is 6. The van der Waals surface area contributed by atoms with Crippen molar-refractivity contribution in [1.29, 1.82) is 0 Å². The van der Waals surface area contributed by atoms with Crippen LogP contribution in [0.3, 0.4) is 0 Å². The summed E-state index contributed by atoms with van der Waals surface area (Å²) >= 11 is 0. The second kappa shape index (κ2) is 5.53. The van der Waals surface area contributed by atoms with Crippen molar-refractivity contribution in [2.45, 2.75) is 32.1 Å². The van der Waals surface area contributed by atoms with Crippen LogP contribution in [0.15, 0.2) is 28.7 Å². The zero-order valence-corrected chi connectivity index (χ0v) is 11.2. The van der Waals surface area contributed by atoms with Gasteiger partial charge < -0.3 is 9.73 Å². The lowest BCUT2D eigenvalue weighted by atomic mass is 9.77. The van der Waals surface area contributed by atoms with Gasteiger partial charge in [0, 0.05) is 6.42 Å². The highest BCUT2D eigenvalue weighted by Gasteiger charge is 2.31. The van der Waals surface area contributed by atoms with Gasteiger partial charge in [0.15, 0.2) is 0 Å². The first-order valence-electron chi connectivity index (χ1n) is 6.99. The van der Waals surface area contributed by atoms with E-state index < -0.39 is 0 Å². The van der Waals surface area contributed by atoms with E-state index in [9.17, 15) is 0 Å². The number of fused-ring (bicyclic) bond motifs is 1. The molecule has 0 aliphatic heterocycles. The van der Waals surface area contributed by atoms with Crippen molar-refractivity contribution in [2.75, 3.05) is 13.1 Å². The molecule has 4 heteroatoms. The third-order valence-corrected chi connectivity index (χ3v) is 3.63. The van der Waals surface area contributed by atoms with E-state index in [0.717, 1.165) is 44.1 Å². The highest BCUT2D eigenvalue weighted by molar-refractivity contribution is 5.43. The topological polar surface area (TPSA) is 51.0 Å². The average Bonchev–Trinajstić information content (AvgIpc) is 2.85. The first-order chi connectivity index (χ1) is 9.38. The molecule has 19 heavy (non-hydrogen) atoms. The maximum Gasteiger partial charge on any atom is 0.224 e. The van der Waals surface area contributed by atoms with E-state index in [1.54, 1.807) is 0 Å². The van der Waals surface area contributed by atoms with Gasteiger partial charge in [-0.25, -0.2) is 0 Å². The van der Waals surface area contributed by atoms with Crippen LogP contribution >= 0.6 is 0 Å². The predicted octanol–water partition coefficient (Wildman–Crippen LogP) is 2.30. The van der Waals surface area contributed by atoms with Crippen molar-refractivity contribution >= 4 is 0 Å². The molecule has 0 spiro atoms. The van der Waals surface area contributed by atoms with Gasteiger partial charge in [0.1, 0.15) is 0 Å². The molecule has 1 atom stereocenters. The largest absolute Gasteiger partial charge is 0.425 e. The number of hydrogen-bond acceptors (Lipinski definition) is 4. The minimum Gasteiger partial charge on any atom is -0.425 e. The van der Waals surface area contributed by atoms with Gasteiger partial charge in [-0.05, 0) is 37.1 Å². The molecule has 1 aromatic heterocycles. The molecular formula is C15H19N3O. The number of aryl methyl sites for hydroxylation is 1. The summed E-state index contributed by atoms with van der Waals surface area (Å²) in [6.07, 6.45) is 2.92. The molecule has 1 aliphatic carbocycles. The molecule has 1 aliphatic rings. The van der Waals surface area contributed by atoms with E-state index in [1.807, 2.05) is 0 Å². The molecular weight excluding hydrogens is 238 g/mol. The Morgan fingerprint density at radius 1 is 1.32 bits per heavy atom. The number of nitrogens with zero attached hydrogens (tertiary/aromatic N) is 2. The molecule has 1 heterocycles. The lowest BCUT2D eigenvalue weighted by Gasteiger charge is -2.26. The normalized spacial score (nSPS) is 17.0. The zero-order chi connectivity index (χ0) is 13.1. The summed E-state index contributed by atoms with van der Waals surface area (Å²) in [5, 5.41) is 11.6. The van der Waals surface area contributed by atoms with Crippen LogP contribution < -0.4 is 5.32 Å². The Balaban J connectivity index is 1.60. The molecule has 0 bridgehead atoms. The van der Waals surface area contributed by atoms with Gasteiger partial charge >= 0.3 is 0 Å². The smallest absolute Gasteiger partial charge is 0.224 e. The molecule has 1 unspecified atom stereocenters. The van der Waals surface area contributed by atoms with Crippen LogP contribution in [0.25, 0.3) is 0 Å². The minimum atomic E-state index is 0.311. The standard InChI is InChI=1S/C15H19N3O/c1-2-16-9-5-8-14-17-18-15(19-14)13-10-11-6-3-4-7-12(11)13/h3-4,6-7,13,16H,2,5,8-10H2,1H3. The van der Waals surface area contributed by atoms with Gasteiger partial charge in [-0.1, -0.05) is 31.2 Å². The second-order valence-corrected chi connectivity index (χ2v) is 4.95. The molecule has 3 rings (SSSR count). The maximum absolute atomic E-state index is 5.77. The highest BCUT2D eigenvalue weighted by Crippen LogP contribution is 2.39. The molecule has 1 N–H and O–H groups in total. The number of benzene rings is 1. The van der Waals surface area contributed by atoms with E-state index >= 15 is 0 Å². The second-order valence-electron chi connectivity index (χ2n) is 4.95. The summed E-state index contributed by atoms with van der Waals surface area (Å²) in [4.78, 5) is 0. The summed E-state index contributed by atoms with van der Waals surface area (Å²) in [6, 6.07) is 8.46. The Bertz CT molecular complexity index is 550. The molecule has 0 amide bonds. The molecule has 2 aromatic rings. The summed E-state index contributed by atoms with van der Waals surface area (Å²) in [7, 11) is 0. The molecule has 4 nitrogen and oxygen atoms in total. The van der Waals surface area contributed by atoms with Crippen molar-refractivity contribution in [3.8, 4) is 0 Å². The summed E-state index contributed by atoms with van der Waals surface area (Å²) in [6.45, 7) is 4.12. The number of hydrogen-bond donors (Lipinski definition) is 1. The van der Waals surface area contributed by atoms with Gasteiger partial charge in [-0.15, -0.1) is 10.2 Å². The Morgan fingerprint density at radius 3 is 3.05 bits per heavy atom. The molecule has 0 saturated carbocycles. The van der Waals surface area contributed by atoms with Gasteiger partial charge in [0.25, 0.3) is 0 Å². The Kier molecular flexibility index (Phi) is 3.60. The van der Waals surface area contributed by atoms with Crippen LogP contribution in [0, 0.1) is 0 Å². The third-order valence-electron chi connectivity index (χ3n) is 3.63. The van der Waals surface area contributed by atoms with Crippen molar-refractivity contribution in [2.24, 2.45) is 0 Å². The lowest BCUT2D eigenvalue weighted by Crippen LogP contribution is -2.18. The summed E-state index contributed by atoms with van der Waals surface area (Å²) < 4.78 is 5.77. The maximum atomic E-state index is 5.77. The summed E-state index contributed by atoms with van der Waals surface area (Å²) in [5.41, 5.74) is 2.74. The predicted molar refractivity (Wildman–Crippen MR) is 73.2 cm³/mol. The first kappa shape index (κ1) is 12.4. The molecule has 0 saturated heterocycles. The van der Waals surface area contributed by atoms with Gasteiger partial charge in [-0.3, -0.25) is 0 Å². The van der Waals surface area contributed by atoms with E-state index in [-0.39, 0.29) is 0 Å². The Hall–Kier alpha value is -1.68. The number of aromatic nitrogens is 2. The van der Waals surface area contributed by atoms with E-state index in [1.165, 1.54) is 11.1 Å². The fourth-order valence-corrected chi connectivity index (χ4v) is 2.53. The van der Waals surface area contributed by atoms with Crippen LogP contribution in [0.2, 0.25) is 0 Å². The monoisotopic (exact) mass is 257 g/mol. The zero-order valence-electron chi connectivity index (χ0n) is 11.2. The fourth-order valence-electron chi connectivity index (χ4n) is 2.53. The van der Waals surface area contributed by atoms with E-state index in [4.69, 9.17) is 4.42 Å². The van der Waals surface area contributed by atoms with Gasteiger partial charge in [0.2, 0.25) is 11.8 Å². The number of nitrogens with one attached hydrogen (secondary N) is 1. The van der Waals surface area contributed by atoms with Crippen LogP contribution in [0.5, 0.6) is 0 Å².